The van der Waals surface area contributed by atoms with Gasteiger partial charge in [-0.05, 0) is 17.7 Å². The van der Waals surface area contributed by atoms with E-state index < -0.39 is 0 Å². The number of hydrazone groups is 1. The number of hydrogen-bond donors (Lipinski definition) is 0. The van der Waals surface area contributed by atoms with Crippen LogP contribution >= 0.6 is 0 Å². The second-order valence-electron chi connectivity index (χ2n) is 7.83. The van der Waals surface area contributed by atoms with Crippen LogP contribution in [0.4, 0.5) is 0 Å². The van der Waals surface area contributed by atoms with E-state index in [0.717, 1.165) is 16.8 Å². The molecule has 164 valence electrons. The van der Waals surface area contributed by atoms with Gasteiger partial charge in [-0.1, -0.05) is 44.2 Å². The van der Waals surface area contributed by atoms with Crippen molar-refractivity contribution >= 4 is 17.5 Å². The zero-order valence-electron chi connectivity index (χ0n) is 18.7. The van der Waals surface area contributed by atoms with Crippen LogP contribution < -0.4 is 9.47 Å². The van der Waals surface area contributed by atoms with E-state index in [9.17, 15) is 9.59 Å². The van der Waals surface area contributed by atoms with Gasteiger partial charge in [0.2, 0.25) is 5.91 Å². The highest BCUT2D eigenvalue weighted by molar-refractivity contribution is 6.05. The average Bonchev–Trinajstić information content (AvgIpc) is 3.23. The number of rotatable bonds is 7. The van der Waals surface area contributed by atoms with Crippen molar-refractivity contribution in [1.82, 2.24) is 9.91 Å². The highest BCUT2D eigenvalue weighted by Crippen LogP contribution is 2.36. The van der Waals surface area contributed by atoms with Gasteiger partial charge in [-0.2, -0.15) is 5.10 Å². The number of hydrogen-bond acceptors (Lipinski definition) is 5. The Bertz CT molecular complexity index is 972. The number of likely N-dealkylation sites (N-methyl/N-ethyl adjacent to an activating group) is 1. The van der Waals surface area contributed by atoms with Crippen molar-refractivity contribution in [2.75, 3.05) is 27.8 Å². The fourth-order valence-electron chi connectivity index (χ4n) is 3.67. The molecule has 2 amide bonds. The van der Waals surface area contributed by atoms with E-state index in [0.29, 0.717) is 17.9 Å². The highest BCUT2D eigenvalue weighted by Gasteiger charge is 2.34. The predicted octanol–water partition coefficient (Wildman–Crippen LogP) is 3.50. The molecule has 0 spiro atoms. The monoisotopic (exact) mass is 423 g/mol. The Morgan fingerprint density at radius 3 is 2.45 bits per heavy atom. The zero-order valence-corrected chi connectivity index (χ0v) is 18.7. The smallest absolute Gasteiger partial charge is 0.262 e. The van der Waals surface area contributed by atoms with E-state index in [2.05, 4.69) is 5.10 Å². The molecule has 7 heteroatoms. The molecule has 0 saturated heterocycles. The van der Waals surface area contributed by atoms with Crippen LogP contribution in [-0.4, -0.2) is 55.2 Å². The number of carbonyl (C=O) groups excluding carboxylic acids is 2. The first-order valence-corrected chi connectivity index (χ1v) is 10.3. The SMILES string of the molecule is COc1ccc(C2=NN(C(=O)CN(C)C(=O)C(C)C)C(c3ccccc3)C2)c(OC)c1. The predicted molar refractivity (Wildman–Crippen MR) is 119 cm³/mol. The molecule has 2 aromatic rings. The average molecular weight is 424 g/mol. The zero-order chi connectivity index (χ0) is 22.5. The van der Waals surface area contributed by atoms with Crippen LogP contribution in [0.2, 0.25) is 0 Å². The highest BCUT2D eigenvalue weighted by atomic mass is 16.5. The molecule has 31 heavy (non-hydrogen) atoms. The van der Waals surface area contributed by atoms with E-state index in [1.54, 1.807) is 27.3 Å². The second-order valence-corrected chi connectivity index (χ2v) is 7.83. The van der Waals surface area contributed by atoms with Gasteiger partial charge in [0.1, 0.15) is 18.0 Å². The van der Waals surface area contributed by atoms with Crippen molar-refractivity contribution in [1.29, 1.82) is 0 Å². The Balaban J connectivity index is 1.94. The van der Waals surface area contributed by atoms with Gasteiger partial charge in [0.05, 0.1) is 26.0 Å². The standard InChI is InChI=1S/C24H29N3O4/c1-16(2)24(29)26(3)15-23(28)27-21(17-9-7-6-8-10-17)14-20(25-27)19-12-11-18(30-4)13-22(19)31-5/h6-13,16,21H,14-15H2,1-5H3. The molecular formula is C24H29N3O4. The molecule has 0 fully saturated rings. The Hall–Kier alpha value is -3.35. The van der Waals surface area contributed by atoms with E-state index in [4.69, 9.17) is 9.47 Å². The number of benzene rings is 2. The third-order valence-corrected chi connectivity index (χ3v) is 5.31. The van der Waals surface area contributed by atoms with E-state index >= 15 is 0 Å². The van der Waals surface area contributed by atoms with Gasteiger partial charge in [-0.3, -0.25) is 9.59 Å². The number of ether oxygens (including phenoxy) is 2. The Labute approximate surface area is 183 Å². The molecule has 0 saturated carbocycles. The summed E-state index contributed by atoms with van der Waals surface area (Å²) in [6.45, 7) is 3.60. The van der Waals surface area contributed by atoms with Crippen molar-refractivity contribution in [3.8, 4) is 11.5 Å². The number of methoxy groups -OCH3 is 2. The molecule has 1 aliphatic rings. The molecule has 1 heterocycles. The molecule has 0 radical (unpaired) electrons. The molecule has 2 aromatic carbocycles. The summed E-state index contributed by atoms with van der Waals surface area (Å²) in [7, 11) is 4.84. The van der Waals surface area contributed by atoms with E-state index in [-0.39, 0.29) is 30.3 Å². The van der Waals surface area contributed by atoms with Gasteiger partial charge in [0, 0.05) is 31.0 Å². The summed E-state index contributed by atoms with van der Waals surface area (Å²) in [6, 6.07) is 15.1. The first kappa shape index (κ1) is 22.3. The third-order valence-electron chi connectivity index (χ3n) is 5.31. The first-order chi connectivity index (χ1) is 14.8. The summed E-state index contributed by atoms with van der Waals surface area (Å²) in [6.07, 6.45) is 0.542. The Morgan fingerprint density at radius 1 is 1.13 bits per heavy atom. The molecule has 1 aliphatic heterocycles. The van der Waals surface area contributed by atoms with Crippen molar-refractivity contribution < 1.29 is 19.1 Å². The lowest BCUT2D eigenvalue weighted by atomic mass is 9.98. The number of carbonyl (C=O) groups is 2. The van der Waals surface area contributed by atoms with Crippen molar-refractivity contribution in [3.05, 3.63) is 59.7 Å². The minimum absolute atomic E-state index is 0.0309. The lowest BCUT2D eigenvalue weighted by Crippen LogP contribution is -2.40. The molecule has 1 unspecified atom stereocenters. The van der Waals surface area contributed by atoms with Crippen LogP contribution in [0.3, 0.4) is 0 Å². The lowest BCUT2D eigenvalue weighted by Gasteiger charge is -2.25. The van der Waals surface area contributed by atoms with Crippen LogP contribution in [0.25, 0.3) is 0 Å². The van der Waals surface area contributed by atoms with Gasteiger partial charge >= 0.3 is 0 Å². The third kappa shape index (κ3) is 4.87. The first-order valence-electron chi connectivity index (χ1n) is 10.3. The quantitative estimate of drug-likeness (QED) is 0.683. The van der Waals surface area contributed by atoms with Gasteiger partial charge in [0.25, 0.3) is 5.91 Å². The fourth-order valence-corrected chi connectivity index (χ4v) is 3.67. The fraction of sp³-hybridized carbons (Fsp3) is 0.375. The lowest BCUT2D eigenvalue weighted by molar-refractivity contribution is -0.142. The molecule has 0 aliphatic carbocycles. The van der Waals surface area contributed by atoms with Crippen LogP contribution in [0.15, 0.2) is 53.6 Å². The van der Waals surface area contributed by atoms with Gasteiger partial charge in [-0.15, -0.1) is 0 Å². The molecule has 7 nitrogen and oxygen atoms in total. The maximum Gasteiger partial charge on any atom is 0.262 e. The summed E-state index contributed by atoms with van der Waals surface area (Å²) >= 11 is 0. The normalized spacial score (nSPS) is 15.6. The second kappa shape index (κ2) is 9.64. The van der Waals surface area contributed by atoms with Crippen LogP contribution in [0.5, 0.6) is 11.5 Å². The Kier molecular flexibility index (Phi) is 6.95. The van der Waals surface area contributed by atoms with Crippen molar-refractivity contribution in [2.45, 2.75) is 26.3 Å². The summed E-state index contributed by atoms with van der Waals surface area (Å²) in [5.74, 6) is 0.827. The summed E-state index contributed by atoms with van der Waals surface area (Å²) < 4.78 is 10.8. The molecule has 1 atom stereocenters. The van der Waals surface area contributed by atoms with Gasteiger partial charge in [0.15, 0.2) is 0 Å². The van der Waals surface area contributed by atoms with Crippen molar-refractivity contribution in [3.63, 3.8) is 0 Å². The summed E-state index contributed by atoms with van der Waals surface area (Å²) in [4.78, 5) is 26.9. The van der Waals surface area contributed by atoms with Crippen molar-refractivity contribution in [2.24, 2.45) is 11.0 Å². The molecule has 0 N–H and O–H groups in total. The van der Waals surface area contributed by atoms with Gasteiger partial charge < -0.3 is 14.4 Å². The number of amides is 2. The van der Waals surface area contributed by atoms with E-state index in [1.807, 2.05) is 56.3 Å². The minimum Gasteiger partial charge on any atom is -0.497 e. The van der Waals surface area contributed by atoms with Gasteiger partial charge in [-0.25, -0.2) is 5.01 Å². The maximum absolute atomic E-state index is 13.2. The largest absolute Gasteiger partial charge is 0.497 e. The molecule has 0 bridgehead atoms. The number of nitrogens with zero attached hydrogens (tertiary/aromatic N) is 3. The molecule has 0 aromatic heterocycles. The molecule has 3 rings (SSSR count). The van der Waals surface area contributed by atoms with Crippen LogP contribution in [-0.2, 0) is 9.59 Å². The van der Waals surface area contributed by atoms with E-state index in [1.165, 1.54) is 9.91 Å². The minimum atomic E-state index is -0.252. The topological polar surface area (TPSA) is 71.4 Å². The van der Waals surface area contributed by atoms with Crippen LogP contribution in [0, 0.1) is 5.92 Å². The van der Waals surface area contributed by atoms with Crippen LogP contribution in [0.1, 0.15) is 37.4 Å². The molecular weight excluding hydrogens is 394 g/mol. The summed E-state index contributed by atoms with van der Waals surface area (Å²) in [5, 5.41) is 6.18. The Morgan fingerprint density at radius 2 is 1.84 bits per heavy atom. The maximum atomic E-state index is 13.2. The summed E-state index contributed by atoms with van der Waals surface area (Å²) in [5.41, 5.74) is 2.55.